The molecule has 1 amide bonds. The molecule has 3 aromatic rings. The molecule has 5 rings (SSSR count). The molecule has 1 aromatic carbocycles. The molecule has 1 aliphatic carbocycles. The van der Waals surface area contributed by atoms with Gasteiger partial charge in [0.2, 0.25) is 11.9 Å². The normalized spacial score (nSPS) is 24.9. The third-order valence-electron chi connectivity index (χ3n) is 6.46. The smallest absolute Gasteiger partial charge is 0.263 e. The van der Waals surface area contributed by atoms with Crippen molar-refractivity contribution in [1.29, 1.82) is 0 Å². The number of halogens is 4. The van der Waals surface area contributed by atoms with Crippen molar-refractivity contribution in [2.45, 2.75) is 56.2 Å². The Bertz CT molecular complexity index is 1210. The molecule has 7 nitrogen and oxygen atoms in total. The zero-order chi connectivity index (χ0) is 23.9. The number of carbonyl (C=O) groups excluding carboxylic acids is 1. The highest BCUT2D eigenvalue weighted by atomic mass is 35.5. The number of nitrogens with one attached hydrogen (secondary N) is 3. The van der Waals surface area contributed by atoms with Crippen LogP contribution in [0.25, 0.3) is 22.2 Å². The maximum atomic E-state index is 13.6. The Morgan fingerprint density at radius 3 is 2.82 bits per heavy atom. The first-order valence-corrected chi connectivity index (χ1v) is 12.0. The summed E-state index contributed by atoms with van der Waals surface area (Å²) in [4.78, 5) is 24.8. The van der Waals surface area contributed by atoms with Gasteiger partial charge in [0.1, 0.15) is 6.04 Å². The van der Waals surface area contributed by atoms with Gasteiger partial charge in [0.05, 0.1) is 23.5 Å². The van der Waals surface area contributed by atoms with Crippen molar-refractivity contribution in [3.63, 3.8) is 0 Å². The number of carbonyl (C=O) groups is 1. The second-order valence-corrected chi connectivity index (χ2v) is 9.83. The molecule has 2 aromatic heterocycles. The van der Waals surface area contributed by atoms with E-state index in [9.17, 15) is 13.6 Å². The standard InChI is InChI=1S/C23H24Cl2F2N6O/c24-17-11-29-22(32-20(17)16-10-28-18-7-2-1-6-15(16)18)31-14-5-3-4-13(8-14)30-21(34)19-9-23(26,27)12-33(19)25/h1-2,6-7,10-11,13-14,19,28H,3-5,8-9,12H2,(H,30,34)(H,29,31,32)/t13-,14+,19+/m0/s1. The Morgan fingerprint density at radius 1 is 1.24 bits per heavy atom. The minimum absolute atomic E-state index is 0.0215. The molecule has 34 heavy (non-hydrogen) atoms. The van der Waals surface area contributed by atoms with E-state index in [-0.39, 0.29) is 12.1 Å². The molecule has 1 saturated heterocycles. The van der Waals surface area contributed by atoms with E-state index < -0.39 is 30.8 Å². The lowest BCUT2D eigenvalue weighted by Crippen LogP contribution is -2.47. The zero-order valence-electron chi connectivity index (χ0n) is 18.2. The fourth-order valence-electron chi connectivity index (χ4n) is 4.82. The number of nitrogens with zero attached hydrogens (tertiary/aromatic N) is 3. The number of hydrogen-bond donors (Lipinski definition) is 3. The van der Waals surface area contributed by atoms with Crippen molar-refractivity contribution >= 4 is 46.1 Å². The van der Waals surface area contributed by atoms with Crippen LogP contribution in [-0.4, -0.2) is 55.9 Å². The largest absolute Gasteiger partial charge is 0.360 e. The molecule has 1 saturated carbocycles. The third kappa shape index (κ3) is 4.82. The highest BCUT2D eigenvalue weighted by Crippen LogP contribution is 2.34. The minimum Gasteiger partial charge on any atom is -0.360 e. The van der Waals surface area contributed by atoms with Gasteiger partial charge in [-0.05, 0) is 43.5 Å². The number of anilines is 1. The third-order valence-corrected chi connectivity index (χ3v) is 7.09. The second kappa shape index (κ2) is 9.28. The highest BCUT2D eigenvalue weighted by molar-refractivity contribution is 6.33. The Kier molecular flexibility index (Phi) is 6.35. The summed E-state index contributed by atoms with van der Waals surface area (Å²) in [6.07, 6.45) is 6.04. The minimum atomic E-state index is -2.95. The number of rotatable bonds is 5. The predicted octanol–water partition coefficient (Wildman–Crippen LogP) is 4.98. The van der Waals surface area contributed by atoms with Gasteiger partial charge in [-0.1, -0.05) is 29.8 Å². The van der Waals surface area contributed by atoms with Crippen LogP contribution in [0, 0.1) is 0 Å². The summed E-state index contributed by atoms with van der Waals surface area (Å²) < 4.78 is 28.1. The first kappa shape index (κ1) is 23.3. The molecule has 180 valence electrons. The summed E-state index contributed by atoms with van der Waals surface area (Å²) in [7, 11) is 0. The fraction of sp³-hybridized carbons (Fsp3) is 0.435. The average Bonchev–Trinajstić information content (AvgIpc) is 3.35. The topological polar surface area (TPSA) is 85.9 Å². The zero-order valence-corrected chi connectivity index (χ0v) is 19.7. The van der Waals surface area contributed by atoms with E-state index in [4.69, 9.17) is 23.4 Å². The second-order valence-electron chi connectivity index (χ2n) is 8.99. The Balaban J connectivity index is 1.26. The quantitative estimate of drug-likeness (QED) is 0.423. The number of aromatic nitrogens is 3. The van der Waals surface area contributed by atoms with Crippen LogP contribution < -0.4 is 10.6 Å². The van der Waals surface area contributed by atoms with Crippen molar-refractivity contribution in [3.05, 3.63) is 41.7 Å². The summed E-state index contributed by atoms with van der Waals surface area (Å²) in [5.74, 6) is -2.96. The molecular weight excluding hydrogens is 485 g/mol. The SMILES string of the molecule is O=C(N[C@H]1CCC[C@@H](Nc2ncc(Cl)c(-c3c[nH]c4ccccc34)n2)C1)[C@H]1CC(F)(F)CN1Cl. The summed E-state index contributed by atoms with van der Waals surface area (Å²) in [6.45, 7) is -0.617. The lowest BCUT2D eigenvalue weighted by Gasteiger charge is -2.31. The molecule has 2 aliphatic rings. The fourth-order valence-corrected chi connectivity index (χ4v) is 5.35. The molecule has 2 fully saturated rings. The van der Waals surface area contributed by atoms with Crippen molar-refractivity contribution in [2.24, 2.45) is 0 Å². The Morgan fingerprint density at radius 2 is 2.03 bits per heavy atom. The van der Waals surface area contributed by atoms with Gasteiger partial charge in [-0.25, -0.2) is 23.2 Å². The molecule has 3 heterocycles. The number of aromatic amines is 1. The van der Waals surface area contributed by atoms with Crippen LogP contribution in [0.15, 0.2) is 36.7 Å². The van der Waals surface area contributed by atoms with Crippen molar-refractivity contribution in [1.82, 2.24) is 24.7 Å². The summed E-state index contributed by atoms with van der Waals surface area (Å²) >= 11 is 12.3. The molecule has 0 radical (unpaired) electrons. The number of alkyl halides is 2. The maximum absolute atomic E-state index is 13.6. The van der Waals surface area contributed by atoms with Gasteiger partial charge >= 0.3 is 0 Å². The van der Waals surface area contributed by atoms with Crippen LogP contribution >= 0.6 is 23.4 Å². The van der Waals surface area contributed by atoms with Gasteiger partial charge < -0.3 is 15.6 Å². The van der Waals surface area contributed by atoms with Gasteiger partial charge in [0.15, 0.2) is 0 Å². The maximum Gasteiger partial charge on any atom is 0.263 e. The van der Waals surface area contributed by atoms with Crippen LogP contribution in [0.4, 0.5) is 14.7 Å². The molecule has 0 spiro atoms. The Labute approximate surface area is 205 Å². The van der Waals surface area contributed by atoms with E-state index in [1.807, 2.05) is 30.5 Å². The first-order chi connectivity index (χ1) is 16.3. The predicted molar refractivity (Wildman–Crippen MR) is 128 cm³/mol. The molecule has 11 heteroatoms. The molecular formula is C23H24Cl2F2N6O. The summed E-state index contributed by atoms with van der Waals surface area (Å²) in [5, 5.41) is 7.72. The van der Waals surface area contributed by atoms with Gasteiger partial charge in [-0.15, -0.1) is 0 Å². The summed E-state index contributed by atoms with van der Waals surface area (Å²) in [6, 6.07) is 6.76. The van der Waals surface area contributed by atoms with E-state index in [1.165, 1.54) is 0 Å². The van der Waals surface area contributed by atoms with Crippen LogP contribution in [0.3, 0.4) is 0 Å². The molecule has 0 bridgehead atoms. The van der Waals surface area contributed by atoms with Crippen molar-refractivity contribution < 1.29 is 13.6 Å². The van der Waals surface area contributed by atoms with Crippen molar-refractivity contribution in [2.75, 3.05) is 11.9 Å². The summed E-state index contributed by atoms with van der Waals surface area (Å²) in [5.41, 5.74) is 2.50. The number of H-pyrrole nitrogens is 1. The number of fused-ring (bicyclic) bond motifs is 1. The van der Waals surface area contributed by atoms with Gasteiger partial charge in [0.25, 0.3) is 5.92 Å². The van der Waals surface area contributed by atoms with Gasteiger partial charge in [-0.3, -0.25) is 4.79 Å². The molecule has 0 unspecified atom stereocenters. The number of benzene rings is 1. The molecule has 1 aliphatic heterocycles. The monoisotopic (exact) mass is 508 g/mol. The number of hydrogen-bond acceptors (Lipinski definition) is 5. The van der Waals surface area contributed by atoms with Crippen LogP contribution in [0.2, 0.25) is 5.02 Å². The van der Waals surface area contributed by atoms with Crippen LogP contribution in [0.1, 0.15) is 32.1 Å². The van der Waals surface area contributed by atoms with E-state index in [2.05, 4.69) is 25.6 Å². The average molecular weight is 509 g/mol. The molecule has 3 atom stereocenters. The number of para-hydroxylation sites is 1. The molecule has 3 N–H and O–H groups in total. The van der Waals surface area contributed by atoms with E-state index in [0.717, 1.165) is 40.1 Å². The first-order valence-electron chi connectivity index (χ1n) is 11.3. The lowest BCUT2D eigenvalue weighted by molar-refractivity contribution is -0.125. The van der Waals surface area contributed by atoms with Crippen LogP contribution in [-0.2, 0) is 4.79 Å². The van der Waals surface area contributed by atoms with E-state index >= 15 is 0 Å². The van der Waals surface area contributed by atoms with Gasteiger partial charge in [-0.2, -0.15) is 0 Å². The van der Waals surface area contributed by atoms with E-state index in [0.29, 0.717) is 23.1 Å². The Hall–Kier alpha value is -2.49. The number of amides is 1. The van der Waals surface area contributed by atoms with E-state index in [1.54, 1.807) is 6.20 Å². The lowest BCUT2D eigenvalue weighted by atomic mass is 9.90. The highest BCUT2D eigenvalue weighted by Gasteiger charge is 2.48. The van der Waals surface area contributed by atoms with Crippen LogP contribution in [0.5, 0.6) is 0 Å². The van der Waals surface area contributed by atoms with Crippen molar-refractivity contribution in [3.8, 4) is 11.3 Å². The van der Waals surface area contributed by atoms with Gasteiger partial charge in [0, 0.05) is 41.2 Å².